The van der Waals surface area contributed by atoms with Gasteiger partial charge in [0.05, 0.1) is 6.26 Å². The molecule has 1 aromatic carbocycles. The highest BCUT2D eigenvalue weighted by atomic mass is 79.9. The van der Waals surface area contributed by atoms with Gasteiger partial charge in [0.25, 0.3) is 5.91 Å². The zero-order chi connectivity index (χ0) is 18.6. The number of carbonyl (C=O) groups is 1. The van der Waals surface area contributed by atoms with E-state index in [1.807, 2.05) is 24.3 Å². The van der Waals surface area contributed by atoms with Crippen molar-refractivity contribution < 1.29 is 13.7 Å². The quantitative estimate of drug-likeness (QED) is 0.314. The summed E-state index contributed by atoms with van der Waals surface area (Å²) in [5.74, 6) is 1.24. The Labute approximate surface area is 170 Å². The first kappa shape index (κ1) is 18.0. The van der Waals surface area contributed by atoms with Crippen molar-refractivity contribution in [1.82, 2.24) is 15.4 Å². The van der Waals surface area contributed by atoms with Gasteiger partial charge >= 0.3 is 0 Å². The molecule has 0 aliphatic heterocycles. The molecule has 3 heterocycles. The molecular formula is C17H11BrN4O3S2. The Kier molecular flexibility index (Phi) is 5.37. The average Bonchev–Trinajstić information content (AvgIpc) is 3.42. The van der Waals surface area contributed by atoms with Gasteiger partial charge in [0.1, 0.15) is 0 Å². The Morgan fingerprint density at radius 3 is 2.81 bits per heavy atom. The number of anilines is 1. The molecule has 0 saturated carbocycles. The predicted molar refractivity (Wildman–Crippen MR) is 106 cm³/mol. The van der Waals surface area contributed by atoms with E-state index in [4.69, 9.17) is 8.94 Å². The van der Waals surface area contributed by atoms with Gasteiger partial charge in [0, 0.05) is 16.3 Å². The topological polar surface area (TPSA) is 94.1 Å². The molecule has 0 aliphatic carbocycles. The minimum atomic E-state index is -0.419. The van der Waals surface area contributed by atoms with Crippen molar-refractivity contribution in [2.75, 3.05) is 5.32 Å². The lowest BCUT2D eigenvalue weighted by molar-refractivity contribution is 0.101. The minimum absolute atomic E-state index is 0.140. The summed E-state index contributed by atoms with van der Waals surface area (Å²) in [6, 6.07) is 13.0. The van der Waals surface area contributed by atoms with Gasteiger partial charge in [-0.15, -0.1) is 10.2 Å². The largest absolute Gasteiger partial charge is 0.461 e. The summed E-state index contributed by atoms with van der Waals surface area (Å²) in [6.07, 6.45) is 1.52. The molecular weight excluding hydrogens is 452 g/mol. The second-order valence-corrected chi connectivity index (χ2v) is 8.41. The number of hydrogen-bond donors (Lipinski definition) is 1. The number of benzene rings is 1. The zero-order valence-corrected chi connectivity index (χ0v) is 16.8. The van der Waals surface area contributed by atoms with E-state index in [1.54, 1.807) is 23.9 Å². The SMILES string of the molecule is O=C(Nc1nnc(SCc2ccc(Br)cc2)s1)c1cc(-c2ccco2)on1. The van der Waals surface area contributed by atoms with Crippen molar-refractivity contribution in [2.45, 2.75) is 10.1 Å². The number of amides is 1. The number of hydrogen-bond acceptors (Lipinski definition) is 8. The summed E-state index contributed by atoms with van der Waals surface area (Å²) in [7, 11) is 0. The van der Waals surface area contributed by atoms with Crippen LogP contribution in [0.25, 0.3) is 11.5 Å². The van der Waals surface area contributed by atoms with Crippen LogP contribution in [0, 0.1) is 0 Å². The molecule has 0 unspecified atom stereocenters. The summed E-state index contributed by atoms with van der Waals surface area (Å²) >= 11 is 6.28. The smallest absolute Gasteiger partial charge is 0.279 e. The van der Waals surface area contributed by atoms with E-state index >= 15 is 0 Å². The molecule has 1 amide bonds. The number of nitrogens with one attached hydrogen (secondary N) is 1. The molecule has 0 bridgehead atoms. The first-order valence-electron chi connectivity index (χ1n) is 7.70. The van der Waals surface area contributed by atoms with Crippen LogP contribution in [0.5, 0.6) is 0 Å². The molecule has 0 fully saturated rings. The van der Waals surface area contributed by atoms with Crippen molar-refractivity contribution in [3.05, 3.63) is 64.5 Å². The Hall–Kier alpha value is -2.43. The molecule has 0 aliphatic rings. The Balaban J connectivity index is 1.36. The lowest BCUT2D eigenvalue weighted by Gasteiger charge is -1.98. The van der Waals surface area contributed by atoms with E-state index in [1.165, 1.54) is 29.2 Å². The van der Waals surface area contributed by atoms with E-state index in [2.05, 4.69) is 36.6 Å². The first-order valence-corrected chi connectivity index (χ1v) is 10.3. The minimum Gasteiger partial charge on any atom is -0.461 e. The monoisotopic (exact) mass is 462 g/mol. The van der Waals surface area contributed by atoms with Crippen LogP contribution < -0.4 is 5.32 Å². The third-order valence-corrected chi connectivity index (χ3v) is 5.98. The maximum atomic E-state index is 12.3. The molecule has 136 valence electrons. The summed E-state index contributed by atoms with van der Waals surface area (Å²) in [6.45, 7) is 0. The van der Waals surface area contributed by atoms with Crippen LogP contribution in [-0.2, 0) is 5.75 Å². The molecule has 4 rings (SSSR count). The highest BCUT2D eigenvalue weighted by molar-refractivity contribution is 9.10. The molecule has 0 spiro atoms. The van der Waals surface area contributed by atoms with Gasteiger partial charge in [0.15, 0.2) is 15.8 Å². The molecule has 7 nitrogen and oxygen atoms in total. The van der Waals surface area contributed by atoms with Gasteiger partial charge in [-0.05, 0) is 29.8 Å². The molecule has 3 aromatic heterocycles. The molecule has 4 aromatic rings. The Bertz CT molecular complexity index is 1040. The molecule has 1 N–H and O–H groups in total. The van der Waals surface area contributed by atoms with E-state index in [0.717, 1.165) is 14.6 Å². The third-order valence-electron chi connectivity index (χ3n) is 3.41. The van der Waals surface area contributed by atoms with Crippen LogP contribution >= 0.6 is 39.0 Å². The van der Waals surface area contributed by atoms with E-state index < -0.39 is 5.91 Å². The molecule has 27 heavy (non-hydrogen) atoms. The third kappa shape index (κ3) is 4.46. The summed E-state index contributed by atoms with van der Waals surface area (Å²) in [4.78, 5) is 12.3. The fourth-order valence-corrected chi connectivity index (χ4v) is 4.09. The van der Waals surface area contributed by atoms with Gasteiger partial charge in [-0.1, -0.05) is 56.3 Å². The van der Waals surface area contributed by atoms with E-state index in [9.17, 15) is 4.79 Å². The highest BCUT2D eigenvalue weighted by Gasteiger charge is 2.17. The van der Waals surface area contributed by atoms with Crippen LogP contribution in [0.3, 0.4) is 0 Å². The van der Waals surface area contributed by atoms with Gasteiger partial charge in [-0.2, -0.15) is 0 Å². The average molecular weight is 463 g/mol. The summed E-state index contributed by atoms with van der Waals surface area (Å²) < 4.78 is 12.1. The van der Waals surface area contributed by atoms with Crippen LogP contribution in [-0.4, -0.2) is 21.3 Å². The zero-order valence-electron chi connectivity index (χ0n) is 13.6. The fraction of sp³-hybridized carbons (Fsp3) is 0.0588. The number of furan rings is 1. The van der Waals surface area contributed by atoms with Crippen LogP contribution in [0.4, 0.5) is 5.13 Å². The molecule has 0 radical (unpaired) electrons. The Morgan fingerprint density at radius 1 is 1.19 bits per heavy atom. The van der Waals surface area contributed by atoms with Crippen LogP contribution in [0.2, 0.25) is 0 Å². The van der Waals surface area contributed by atoms with Gasteiger partial charge in [-0.25, -0.2) is 0 Å². The van der Waals surface area contributed by atoms with Crippen molar-refractivity contribution in [3.8, 4) is 11.5 Å². The second-order valence-electron chi connectivity index (χ2n) is 5.30. The van der Waals surface area contributed by atoms with Crippen molar-refractivity contribution >= 4 is 50.1 Å². The van der Waals surface area contributed by atoms with Crippen molar-refractivity contribution in [2.24, 2.45) is 0 Å². The maximum absolute atomic E-state index is 12.3. The van der Waals surface area contributed by atoms with Gasteiger partial charge < -0.3 is 8.94 Å². The van der Waals surface area contributed by atoms with Crippen molar-refractivity contribution in [3.63, 3.8) is 0 Å². The Morgan fingerprint density at radius 2 is 2.04 bits per heavy atom. The van der Waals surface area contributed by atoms with E-state index in [0.29, 0.717) is 16.7 Å². The lowest BCUT2D eigenvalue weighted by atomic mass is 10.2. The second kappa shape index (κ2) is 8.07. The summed E-state index contributed by atoms with van der Waals surface area (Å²) in [5, 5.41) is 14.9. The molecule has 0 atom stereocenters. The van der Waals surface area contributed by atoms with Crippen molar-refractivity contribution in [1.29, 1.82) is 0 Å². The maximum Gasteiger partial charge on any atom is 0.279 e. The number of thioether (sulfide) groups is 1. The van der Waals surface area contributed by atoms with Crippen LogP contribution in [0.1, 0.15) is 16.1 Å². The highest BCUT2D eigenvalue weighted by Crippen LogP contribution is 2.29. The fourth-order valence-electron chi connectivity index (χ4n) is 2.12. The first-order chi connectivity index (χ1) is 13.2. The predicted octanol–water partition coefficient (Wildman–Crippen LogP) is 5.09. The molecule has 10 heteroatoms. The van der Waals surface area contributed by atoms with Gasteiger partial charge in [0.2, 0.25) is 10.9 Å². The standard InChI is InChI=1S/C17H11BrN4O3S2/c18-11-5-3-10(4-6-11)9-26-17-21-20-16(27-17)19-15(23)12-8-14(25-22-12)13-2-1-7-24-13/h1-8H,9H2,(H,19,20,23). The number of nitrogens with zero attached hydrogens (tertiary/aromatic N) is 3. The molecule has 0 saturated heterocycles. The number of rotatable bonds is 6. The summed E-state index contributed by atoms with van der Waals surface area (Å²) in [5.41, 5.74) is 1.32. The number of halogens is 1. The van der Waals surface area contributed by atoms with Gasteiger partial charge in [-0.3, -0.25) is 10.1 Å². The number of aromatic nitrogens is 3. The normalized spacial score (nSPS) is 10.9. The number of carbonyl (C=O) groups excluding carboxylic acids is 1. The van der Waals surface area contributed by atoms with Crippen LogP contribution in [0.15, 0.2) is 66.5 Å². The lowest BCUT2D eigenvalue weighted by Crippen LogP contribution is -2.11. The van der Waals surface area contributed by atoms with E-state index in [-0.39, 0.29) is 5.69 Å².